The minimum absolute atomic E-state index is 0.176. The average molecular weight is 227 g/mol. The van der Waals surface area contributed by atoms with Crippen molar-refractivity contribution in [2.24, 2.45) is 5.41 Å². The van der Waals surface area contributed by atoms with Crippen molar-refractivity contribution >= 4 is 0 Å². The summed E-state index contributed by atoms with van der Waals surface area (Å²) >= 11 is 0. The number of hydrogen-bond donors (Lipinski definition) is 0. The van der Waals surface area contributed by atoms with Crippen LogP contribution in [0.5, 0.6) is 0 Å². The monoisotopic (exact) mass is 227 g/mol. The van der Waals surface area contributed by atoms with Gasteiger partial charge in [0.15, 0.2) is 0 Å². The fourth-order valence-corrected chi connectivity index (χ4v) is 2.99. The van der Waals surface area contributed by atoms with E-state index in [1.165, 1.54) is 0 Å². The predicted molar refractivity (Wildman–Crippen MR) is 64.3 cm³/mol. The van der Waals surface area contributed by atoms with Crippen LogP contribution in [-0.2, 0) is 9.47 Å². The Balaban J connectivity index is 2.27. The highest BCUT2D eigenvalue weighted by atomic mass is 16.7. The van der Waals surface area contributed by atoms with Gasteiger partial charge in [0.25, 0.3) is 0 Å². The molecule has 0 bridgehead atoms. The van der Waals surface area contributed by atoms with Crippen LogP contribution in [0, 0.1) is 5.41 Å². The third kappa shape index (κ3) is 2.01. The molecular formula is C13H25NO2. The molecule has 2 heterocycles. The van der Waals surface area contributed by atoms with Crippen LogP contribution in [-0.4, -0.2) is 42.0 Å². The summed E-state index contributed by atoms with van der Waals surface area (Å²) in [6.07, 6.45) is 0.516. The lowest BCUT2D eigenvalue weighted by Crippen LogP contribution is -2.53. The van der Waals surface area contributed by atoms with E-state index in [9.17, 15) is 0 Å². The summed E-state index contributed by atoms with van der Waals surface area (Å²) in [6.45, 7) is 15.2. The summed E-state index contributed by atoms with van der Waals surface area (Å²) in [4.78, 5) is 2.54. The minimum atomic E-state index is 0.176. The summed E-state index contributed by atoms with van der Waals surface area (Å²) in [5.41, 5.74) is 0.398. The van der Waals surface area contributed by atoms with Crippen LogP contribution >= 0.6 is 0 Å². The largest absolute Gasteiger partial charge is 0.348 e. The van der Waals surface area contributed by atoms with Gasteiger partial charge < -0.3 is 9.47 Å². The molecular weight excluding hydrogens is 202 g/mol. The van der Waals surface area contributed by atoms with Crippen LogP contribution in [0.25, 0.3) is 0 Å². The van der Waals surface area contributed by atoms with E-state index >= 15 is 0 Å². The molecule has 2 aliphatic rings. The van der Waals surface area contributed by atoms with Gasteiger partial charge in [-0.15, -0.1) is 0 Å². The van der Waals surface area contributed by atoms with Gasteiger partial charge in [-0.05, 0) is 26.2 Å². The van der Waals surface area contributed by atoms with E-state index in [1.54, 1.807) is 0 Å². The molecule has 0 radical (unpaired) electrons. The second-order valence-electron chi connectivity index (χ2n) is 7.09. The second-order valence-corrected chi connectivity index (χ2v) is 7.09. The second kappa shape index (κ2) is 3.69. The van der Waals surface area contributed by atoms with Crippen molar-refractivity contribution in [1.82, 2.24) is 4.90 Å². The number of hydrogen-bond acceptors (Lipinski definition) is 3. The quantitative estimate of drug-likeness (QED) is 0.633. The van der Waals surface area contributed by atoms with Crippen LogP contribution < -0.4 is 0 Å². The van der Waals surface area contributed by atoms with Crippen molar-refractivity contribution < 1.29 is 9.47 Å². The van der Waals surface area contributed by atoms with Gasteiger partial charge in [-0.25, -0.2) is 0 Å². The molecule has 3 atom stereocenters. The first-order valence-electron chi connectivity index (χ1n) is 6.21. The number of rotatable bonds is 0. The third-order valence-corrected chi connectivity index (χ3v) is 3.68. The van der Waals surface area contributed by atoms with Gasteiger partial charge in [0.1, 0.15) is 19.0 Å². The summed E-state index contributed by atoms with van der Waals surface area (Å²) < 4.78 is 11.4. The van der Waals surface area contributed by atoms with E-state index < -0.39 is 0 Å². The molecule has 2 rings (SSSR count). The molecule has 3 nitrogen and oxygen atoms in total. The highest BCUT2D eigenvalue weighted by molar-refractivity contribution is 5.05. The summed E-state index contributed by atoms with van der Waals surface area (Å²) in [7, 11) is 0. The molecule has 0 aromatic carbocycles. The predicted octanol–water partition coefficient (Wildman–Crippen LogP) is 2.26. The van der Waals surface area contributed by atoms with Gasteiger partial charge in [-0.1, -0.05) is 20.8 Å². The molecule has 3 heteroatoms. The van der Waals surface area contributed by atoms with Gasteiger partial charge in [-0.2, -0.15) is 0 Å². The molecule has 0 spiro atoms. The van der Waals surface area contributed by atoms with E-state index in [0.29, 0.717) is 12.8 Å². The van der Waals surface area contributed by atoms with E-state index in [-0.39, 0.29) is 23.2 Å². The Labute approximate surface area is 99.1 Å². The molecule has 0 aromatic rings. The van der Waals surface area contributed by atoms with E-state index in [2.05, 4.69) is 46.4 Å². The molecule has 3 unspecified atom stereocenters. The van der Waals surface area contributed by atoms with Crippen LogP contribution in [0.15, 0.2) is 0 Å². The van der Waals surface area contributed by atoms with Crippen LogP contribution in [0.1, 0.15) is 41.5 Å². The van der Waals surface area contributed by atoms with Crippen molar-refractivity contribution in [3.63, 3.8) is 0 Å². The highest BCUT2D eigenvalue weighted by Gasteiger charge is 2.53. The van der Waals surface area contributed by atoms with Crippen molar-refractivity contribution in [3.8, 4) is 0 Å². The zero-order chi connectivity index (χ0) is 12.1. The van der Waals surface area contributed by atoms with Gasteiger partial charge in [0.05, 0.1) is 0 Å². The van der Waals surface area contributed by atoms with E-state index in [4.69, 9.17) is 9.47 Å². The lowest BCUT2D eigenvalue weighted by atomic mass is 9.82. The third-order valence-electron chi connectivity index (χ3n) is 3.68. The Morgan fingerprint density at radius 1 is 1.00 bits per heavy atom. The molecule has 0 aromatic heterocycles. The lowest BCUT2D eigenvalue weighted by Gasteiger charge is -2.44. The van der Waals surface area contributed by atoms with Crippen molar-refractivity contribution in [2.75, 3.05) is 13.3 Å². The standard InChI is InChI=1S/C13H25NO2/c1-12(2,3)11-10-9(15-8-16-10)7-14(11)13(4,5)6/h9-11H,7-8H2,1-6H3. The fraction of sp³-hybridized carbons (Fsp3) is 1.00. The fourth-order valence-electron chi connectivity index (χ4n) is 2.99. The molecule has 2 aliphatic heterocycles. The van der Waals surface area contributed by atoms with Crippen molar-refractivity contribution in [3.05, 3.63) is 0 Å². The molecule has 2 saturated heterocycles. The first kappa shape index (κ1) is 12.3. The molecule has 0 saturated carbocycles. The SMILES string of the molecule is CC(C)(C)C1C2OCOC2CN1C(C)(C)C. The summed E-state index contributed by atoms with van der Waals surface area (Å²) in [5.74, 6) is 0. The lowest BCUT2D eigenvalue weighted by molar-refractivity contribution is -0.0488. The summed E-state index contributed by atoms with van der Waals surface area (Å²) in [6, 6.07) is 0.444. The minimum Gasteiger partial charge on any atom is -0.348 e. The normalized spacial score (nSPS) is 36.8. The smallest absolute Gasteiger partial charge is 0.147 e. The first-order chi connectivity index (χ1) is 7.21. The van der Waals surface area contributed by atoms with Crippen LogP contribution in [0.2, 0.25) is 0 Å². The van der Waals surface area contributed by atoms with Crippen molar-refractivity contribution in [2.45, 2.75) is 65.3 Å². The Kier molecular flexibility index (Phi) is 2.84. The molecule has 94 valence electrons. The van der Waals surface area contributed by atoms with Gasteiger partial charge in [-0.3, -0.25) is 4.90 Å². The zero-order valence-corrected chi connectivity index (χ0v) is 11.4. The maximum absolute atomic E-state index is 5.78. The number of ether oxygens (including phenoxy) is 2. The Morgan fingerprint density at radius 2 is 1.62 bits per heavy atom. The molecule has 0 amide bonds. The Morgan fingerprint density at radius 3 is 2.12 bits per heavy atom. The maximum Gasteiger partial charge on any atom is 0.147 e. The van der Waals surface area contributed by atoms with Gasteiger partial charge in [0, 0.05) is 18.1 Å². The number of fused-ring (bicyclic) bond motifs is 1. The van der Waals surface area contributed by atoms with Gasteiger partial charge >= 0.3 is 0 Å². The molecule has 16 heavy (non-hydrogen) atoms. The zero-order valence-electron chi connectivity index (χ0n) is 11.4. The van der Waals surface area contributed by atoms with Crippen molar-refractivity contribution in [1.29, 1.82) is 0 Å². The van der Waals surface area contributed by atoms with Crippen LogP contribution in [0.3, 0.4) is 0 Å². The maximum atomic E-state index is 5.78. The number of likely N-dealkylation sites (tertiary alicyclic amines) is 1. The van der Waals surface area contributed by atoms with Crippen LogP contribution in [0.4, 0.5) is 0 Å². The van der Waals surface area contributed by atoms with E-state index in [0.717, 1.165) is 6.54 Å². The average Bonchev–Trinajstić information content (AvgIpc) is 2.53. The number of nitrogens with zero attached hydrogens (tertiary/aromatic N) is 1. The molecule has 0 aliphatic carbocycles. The van der Waals surface area contributed by atoms with E-state index in [1.807, 2.05) is 0 Å². The highest BCUT2D eigenvalue weighted by Crippen LogP contribution is 2.41. The molecule has 0 N–H and O–H groups in total. The summed E-state index contributed by atoms with van der Waals surface area (Å²) in [5, 5.41) is 0. The first-order valence-corrected chi connectivity index (χ1v) is 6.21. The topological polar surface area (TPSA) is 21.7 Å². The Hall–Kier alpha value is -0.120. The Bertz CT molecular complexity index is 264. The molecule has 2 fully saturated rings. The van der Waals surface area contributed by atoms with Gasteiger partial charge in [0.2, 0.25) is 0 Å².